The van der Waals surface area contributed by atoms with E-state index >= 15 is 0 Å². The summed E-state index contributed by atoms with van der Waals surface area (Å²) in [4.78, 5) is 2.09. The molecule has 1 aromatic heterocycles. The minimum absolute atomic E-state index is 0.762. The largest absolute Gasteiger partial charge is 0.457 e. The molecule has 0 saturated carbocycles. The Morgan fingerprint density at radius 3 is 2.53 bits per heavy atom. The summed E-state index contributed by atoms with van der Waals surface area (Å²) in [7, 11) is 0. The zero-order valence-corrected chi connectivity index (χ0v) is 18.4. The third-order valence-electron chi connectivity index (χ3n) is 5.52. The normalized spacial score (nSPS) is 15.7. The van der Waals surface area contributed by atoms with E-state index in [1.165, 1.54) is 5.56 Å². The molecular formula is C28H29NO. The monoisotopic (exact) mass is 395 g/mol. The highest BCUT2D eigenvalue weighted by atomic mass is 16.3. The van der Waals surface area contributed by atoms with E-state index in [-0.39, 0.29) is 0 Å². The Bertz CT molecular complexity index is 1140. The number of allylic oxidation sites excluding steroid dienone is 3. The van der Waals surface area contributed by atoms with Crippen LogP contribution in [0.3, 0.4) is 0 Å². The third-order valence-corrected chi connectivity index (χ3v) is 5.52. The van der Waals surface area contributed by atoms with Crippen LogP contribution in [0, 0.1) is 19.3 Å². The van der Waals surface area contributed by atoms with Crippen LogP contribution in [0.1, 0.15) is 44.1 Å². The van der Waals surface area contributed by atoms with Crippen LogP contribution in [0.25, 0.3) is 23.0 Å². The molecule has 2 heterocycles. The van der Waals surface area contributed by atoms with Gasteiger partial charge in [-0.1, -0.05) is 50.3 Å². The van der Waals surface area contributed by atoms with Gasteiger partial charge in [-0.2, -0.15) is 0 Å². The van der Waals surface area contributed by atoms with Crippen molar-refractivity contribution in [3.63, 3.8) is 0 Å². The first-order chi connectivity index (χ1) is 14.3. The number of terminal acetylenes is 1. The Labute approximate surface area is 180 Å². The van der Waals surface area contributed by atoms with E-state index in [0.29, 0.717) is 0 Å². The summed E-state index contributed by atoms with van der Waals surface area (Å²) in [6.45, 7) is 21.7. The van der Waals surface area contributed by atoms with Crippen LogP contribution in [0.2, 0.25) is 0 Å². The molecular weight excluding hydrogens is 366 g/mol. The predicted molar refractivity (Wildman–Crippen MR) is 128 cm³/mol. The topological polar surface area (TPSA) is 16.4 Å². The summed E-state index contributed by atoms with van der Waals surface area (Å²) < 4.78 is 6.17. The number of hydrogen-bond donors (Lipinski definition) is 0. The molecule has 0 N–H and O–H groups in total. The van der Waals surface area contributed by atoms with E-state index in [4.69, 9.17) is 10.8 Å². The number of benzene rings is 1. The number of rotatable bonds is 5. The van der Waals surface area contributed by atoms with Crippen LogP contribution >= 0.6 is 0 Å². The first-order valence-corrected chi connectivity index (χ1v) is 10.2. The molecule has 0 fully saturated rings. The first-order valence-electron chi connectivity index (χ1n) is 10.2. The zero-order valence-electron chi connectivity index (χ0n) is 18.4. The van der Waals surface area contributed by atoms with Crippen molar-refractivity contribution in [1.29, 1.82) is 0 Å². The minimum Gasteiger partial charge on any atom is -0.457 e. The fourth-order valence-corrected chi connectivity index (χ4v) is 3.85. The quantitative estimate of drug-likeness (QED) is 0.491. The highest BCUT2D eigenvalue weighted by molar-refractivity contribution is 5.73. The predicted octanol–water partition coefficient (Wildman–Crippen LogP) is 7.37. The summed E-state index contributed by atoms with van der Waals surface area (Å²) >= 11 is 0. The molecule has 1 aliphatic rings. The molecule has 0 saturated heterocycles. The summed E-state index contributed by atoms with van der Waals surface area (Å²) in [6.07, 6.45) is 8.78. The van der Waals surface area contributed by atoms with Gasteiger partial charge in [0, 0.05) is 29.1 Å². The fraction of sp³-hybridized carbons (Fsp3) is 0.214. The van der Waals surface area contributed by atoms with Gasteiger partial charge in [0.1, 0.15) is 11.5 Å². The lowest BCUT2D eigenvalue weighted by Gasteiger charge is -2.35. The molecule has 2 nitrogen and oxygen atoms in total. The molecule has 2 heteroatoms. The van der Waals surface area contributed by atoms with Crippen molar-refractivity contribution in [1.82, 2.24) is 4.90 Å². The summed E-state index contributed by atoms with van der Waals surface area (Å²) in [5.41, 5.74) is 8.96. The molecule has 1 aliphatic heterocycles. The van der Waals surface area contributed by atoms with Crippen molar-refractivity contribution in [2.75, 3.05) is 6.54 Å². The van der Waals surface area contributed by atoms with Gasteiger partial charge in [-0.3, -0.25) is 0 Å². The van der Waals surface area contributed by atoms with E-state index in [1.807, 2.05) is 32.1 Å². The van der Waals surface area contributed by atoms with E-state index in [2.05, 4.69) is 62.6 Å². The Hall–Kier alpha value is -3.44. The molecule has 0 amide bonds. The fourth-order valence-electron chi connectivity index (χ4n) is 3.85. The molecule has 0 spiro atoms. The molecule has 152 valence electrons. The van der Waals surface area contributed by atoms with Gasteiger partial charge >= 0.3 is 0 Å². The maximum atomic E-state index is 6.17. The van der Waals surface area contributed by atoms with Gasteiger partial charge in [-0.15, -0.1) is 6.42 Å². The second kappa shape index (κ2) is 8.51. The second-order valence-corrected chi connectivity index (χ2v) is 7.76. The van der Waals surface area contributed by atoms with Gasteiger partial charge in [0.05, 0.1) is 5.57 Å². The van der Waals surface area contributed by atoms with Crippen molar-refractivity contribution < 1.29 is 4.42 Å². The molecule has 0 bridgehead atoms. The number of furan rings is 1. The summed E-state index contributed by atoms with van der Waals surface area (Å²) in [5, 5.41) is 0. The lowest BCUT2D eigenvalue weighted by molar-refractivity contribution is 0.438. The van der Waals surface area contributed by atoms with Gasteiger partial charge in [0.15, 0.2) is 0 Å². The minimum atomic E-state index is 0.762. The van der Waals surface area contributed by atoms with Crippen LogP contribution in [0.15, 0.2) is 82.6 Å². The van der Waals surface area contributed by atoms with Crippen molar-refractivity contribution >= 4 is 11.6 Å². The van der Waals surface area contributed by atoms with Crippen LogP contribution in [-0.4, -0.2) is 11.4 Å². The second-order valence-electron chi connectivity index (χ2n) is 7.76. The molecule has 0 atom stereocenters. The van der Waals surface area contributed by atoms with Gasteiger partial charge in [0.25, 0.3) is 0 Å². The first kappa shape index (κ1) is 21.3. The van der Waals surface area contributed by atoms with Gasteiger partial charge in [-0.05, 0) is 68.2 Å². The van der Waals surface area contributed by atoms with E-state index in [0.717, 1.165) is 69.3 Å². The lowest BCUT2D eigenvalue weighted by atomic mass is 9.91. The lowest BCUT2D eigenvalue weighted by Crippen LogP contribution is -2.28. The zero-order chi connectivity index (χ0) is 22.0. The van der Waals surface area contributed by atoms with Gasteiger partial charge in [-0.25, -0.2) is 0 Å². The highest BCUT2D eigenvalue weighted by Crippen LogP contribution is 2.37. The van der Waals surface area contributed by atoms with Crippen molar-refractivity contribution in [2.45, 2.75) is 34.1 Å². The molecule has 0 unspecified atom stereocenters. The van der Waals surface area contributed by atoms with Crippen LogP contribution in [-0.2, 0) is 0 Å². The highest BCUT2D eigenvalue weighted by Gasteiger charge is 2.26. The molecule has 30 heavy (non-hydrogen) atoms. The van der Waals surface area contributed by atoms with Crippen LogP contribution in [0.4, 0.5) is 0 Å². The summed E-state index contributed by atoms with van der Waals surface area (Å²) in [6, 6.07) is 10.3. The molecule has 0 aliphatic carbocycles. The average Bonchev–Trinajstić information content (AvgIpc) is 3.18. The van der Waals surface area contributed by atoms with Crippen molar-refractivity contribution in [2.24, 2.45) is 0 Å². The molecule has 0 radical (unpaired) electrons. The Morgan fingerprint density at radius 2 is 1.90 bits per heavy atom. The Morgan fingerprint density at radius 1 is 1.17 bits per heavy atom. The molecule has 2 aromatic rings. The number of nitrogens with zero attached hydrogens (tertiary/aromatic N) is 1. The molecule has 3 rings (SSSR count). The smallest absolute Gasteiger partial charge is 0.134 e. The average molecular weight is 396 g/mol. The van der Waals surface area contributed by atoms with Gasteiger partial charge < -0.3 is 9.32 Å². The Balaban J connectivity index is 2.03. The maximum absolute atomic E-state index is 6.17. The van der Waals surface area contributed by atoms with Crippen LogP contribution < -0.4 is 0 Å². The van der Waals surface area contributed by atoms with Crippen molar-refractivity contribution in [3.8, 4) is 23.7 Å². The van der Waals surface area contributed by atoms with Crippen molar-refractivity contribution in [3.05, 3.63) is 95.1 Å². The maximum Gasteiger partial charge on any atom is 0.134 e. The van der Waals surface area contributed by atoms with E-state index < -0.39 is 0 Å². The van der Waals surface area contributed by atoms with Gasteiger partial charge in [0.2, 0.25) is 0 Å². The van der Waals surface area contributed by atoms with E-state index in [1.54, 1.807) is 0 Å². The number of hydrogen-bond acceptors (Lipinski definition) is 2. The van der Waals surface area contributed by atoms with E-state index in [9.17, 15) is 0 Å². The molecule has 1 aromatic carbocycles. The standard InChI is InChI=1S/C28H29NO/c1-9-15-29-21(7)25(10-2)20(6)27(22(29)8)17-24-13-14-28(30-24)23-12-11-19(5)26(16-23)18(3)4/h2,11-14,16-17H,3,7-9,15H2,1,4-6H3/b27-17-. The summed E-state index contributed by atoms with van der Waals surface area (Å²) in [5.74, 6) is 4.38. The third kappa shape index (κ3) is 3.84. The SMILES string of the molecule is C#CC1=C(C)/C(=C/c2ccc(-c3ccc(C)c(C(=C)C)c3)o2)C(=C)N(CCC)C1=C. The van der Waals surface area contributed by atoms with Crippen LogP contribution in [0.5, 0.6) is 0 Å². The Kier molecular flexibility index (Phi) is 6.04. The number of aryl methyl sites for hydroxylation is 1.